The molecule has 2 N–H and O–H groups in total. The third-order valence-corrected chi connectivity index (χ3v) is 3.69. The summed E-state index contributed by atoms with van der Waals surface area (Å²) < 4.78 is 4.04. The molecule has 0 unspecified atom stereocenters. The Labute approximate surface area is 101 Å². The van der Waals surface area contributed by atoms with Crippen LogP contribution in [0.25, 0.3) is 5.78 Å². The largest absolute Gasteiger partial charge is 0.330 e. The highest BCUT2D eigenvalue weighted by molar-refractivity contribution is 5.33. The third kappa shape index (κ3) is 1.74. The van der Waals surface area contributed by atoms with E-state index < -0.39 is 0 Å². The zero-order valence-corrected chi connectivity index (χ0v) is 10.3. The van der Waals surface area contributed by atoms with Crippen molar-refractivity contribution < 1.29 is 0 Å². The number of nitrogens with zero attached hydrogens (tertiary/aromatic N) is 4. The predicted octanol–water partition coefficient (Wildman–Crippen LogP) is 1.23. The lowest BCUT2D eigenvalue weighted by Crippen LogP contribution is -2.05. The Morgan fingerprint density at radius 1 is 1.41 bits per heavy atom. The van der Waals surface area contributed by atoms with E-state index in [2.05, 4.69) is 21.7 Å². The molecule has 2 heterocycles. The van der Waals surface area contributed by atoms with Gasteiger partial charge in [0, 0.05) is 19.4 Å². The quantitative estimate of drug-likeness (QED) is 0.867. The van der Waals surface area contributed by atoms with Crippen molar-refractivity contribution in [3.8, 4) is 0 Å². The number of aryl methyl sites for hydroxylation is 1. The standard InChI is InChI=1S/C12H19N5/c1-16-11(9-4-2-3-5-9)15-17-8-10(6-7-13)14-12(16)17/h8-9H,2-7,13H2,1H3. The molecule has 1 aliphatic rings. The highest BCUT2D eigenvalue weighted by Gasteiger charge is 2.23. The van der Waals surface area contributed by atoms with E-state index >= 15 is 0 Å². The minimum absolute atomic E-state index is 0.625. The van der Waals surface area contributed by atoms with Crippen LogP contribution in [0.5, 0.6) is 0 Å². The Bertz CT molecular complexity index is 518. The maximum Gasteiger partial charge on any atom is 0.232 e. The predicted molar refractivity (Wildman–Crippen MR) is 65.9 cm³/mol. The van der Waals surface area contributed by atoms with Gasteiger partial charge in [-0.1, -0.05) is 12.8 Å². The highest BCUT2D eigenvalue weighted by Crippen LogP contribution is 2.33. The SMILES string of the molecule is Cn1c(C2CCCC2)nn2cc(CCN)nc12. The van der Waals surface area contributed by atoms with E-state index in [0.29, 0.717) is 12.5 Å². The van der Waals surface area contributed by atoms with Gasteiger partial charge in [0.05, 0.1) is 11.9 Å². The smallest absolute Gasteiger partial charge is 0.232 e. The van der Waals surface area contributed by atoms with E-state index in [1.54, 1.807) is 0 Å². The van der Waals surface area contributed by atoms with Gasteiger partial charge < -0.3 is 5.73 Å². The van der Waals surface area contributed by atoms with Crippen LogP contribution >= 0.6 is 0 Å². The van der Waals surface area contributed by atoms with E-state index in [-0.39, 0.29) is 0 Å². The maximum atomic E-state index is 5.54. The topological polar surface area (TPSA) is 61.1 Å². The second-order valence-corrected chi connectivity index (χ2v) is 4.91. The van der Waals surface area contributed by atoms with Gasteiger partial charge in [-0.05, 0) is 19.4 Å². The summed E-state index contributed by atoms with van der Waals surface area (Å²) in [4.78, 5) is 4.58. The first-order valence-electron chi connectivity index (χ1n) is 6.40. The molecule has 0 aliphatic heterocycles. The molecular weight excluding hydrogens is 214 g/mol. The molecule has 5 nitrogen and oxygen atoms in total. The number of hydrogen-bond acceptors (Lipinski definition) is 3. The summed E-state index contributed by atoms with van der Waals surface area (Å²) in [5, 5.41) is 4.67. The Morgan fingerprint density at radius 3 is 2.82 bits per heavy atom. The number of hydrogen-bond donors (Lipinski definition) is 1. The summed E-state index contributed by atoms with van der Waals surface area (Å²) >= 11 is 0. The van der Waals surface area contributed by atoms with E-state index in [1.807, 2.05) is 10.7 Å². The van der Waals surface area contributed by atoms with Crippen LogP contribution in [0, 0.1) is 0 Å². The molecule has 0 radical (unpaired) electrons. The van der Waals surface area contributed by atoms with Gasteiger partial charge >= 0.3 is 0 Å². The van der Waals surface area contributed by atoms with Crippen molar-refractivity contribution in [1.29, 1.82) is 0 Å². The molecule has 0 spiro atoms. The van der Waals surface area contributed by atoms with Crippen LogP contribution in [0.1, 0.15) is 43.1 Å². The molecule has 5 heteroatoms. The van der Waals surface area contributed by atoms with Crippen molar-refractivity contribution in [2.24, 2.45) is 12.8 Å². The minimum Gasteiger partial charge on any atom is -0.330 e. The van der Waals surface area contributed by atoms with E-state index in [9.17, 15) is 0 Å². The van der Waals surface area contributed by atoms with Crippen LogP contribution in [0.2, 0.25) is 0 Å². The first-order valence-corrected chi connectivity index (χ1v) is 6.40. The van der Waals surface area contributed by atoms with Crippen LogP contribution in [0.4, 0.5) is 0 Å². The highest BCUT2D eigenvalue weighted by atomic mass is 15.4. The average Bonchev–Trinajstić information content (AvgIpc) is 2.97. The lowest BCUT2D eigenvalue weighted by atomic mass is 10.1. The van der Waals surface area contributed by atoms with E-state index in [1.165, 1.54) is 31.5 Å². The zero-order valence-electron chi connectivity index (χ0n) is 10.3. The Morgan fingerprint density at radius 2 is 2.18 bits per heavy atom. The molecular formula is C12H19N5. The Kier molecular flexibility index (Phi) is 2.63. The van der Waals surface area contributed by atoms with Crippen molar-refractivity contribution in [2.75, 3.05) is 6.54 Å². The molecule has 2 aromatic heterocycles. The number of rotatable bonds is 3. The third-order valence-electron chi connectivity index (χ3n) is 3.69. The summed E-state index contributed by atoms with van der Waals surface area (Å²) in [5.41, 5.74) is 6.57. The van der Waals surface area contributed by atoms with Gasteiger partial charge in [-0.25, -0.2) is 9.50 Å². The normalized spacial score (nSPS) is 17.3. The zero-order chi connectivity index (χ0) is 11.8. The van der Waals surface area contributed by atoms with Crippen molar-refractivity contribution in [2.45, 2.75) is 38.0 Å². The number of aromatic nitrogens is 4. The van der Waals surface area contributed by atoms with Gasteiger partial charge in [-0.15, -0.1) is 0 Å². The summed E-state index contributed by atoms with van der Waals surface area (Å²) in [6.45, 7) is 0.638. The van der Waals surface area contributed by atoms with E-state index in [0.717, 1.165) is 17.9 Å². The summed E-state index contributed by atoms with van der Waals surface area (Å²) in [6.07, 6.45) is 8.02. The van der Waals surface area contributed by atoms with Gasteiger partial charge in [0.2, 0.25) is 5.78 Å². The second-order valence-electron chi connectivity index (χ2n) is 4.91. The molecule has 3 rings (SSSR count). The van der Waals surface area contributed by atoms with Crippen molar-refractivity contribution >= 4 is 5.78 Å². The van der Waals surface area contributed by atoms with Crippen LogP contribution in [-0.2, 0) is 13.5 Å². The van der Waals surface area contributed by atoms with Gasteiger partial charge in [0.25, 0.3) is 0 Å². The summed E-state index contributed by atoms with van der Waals surface area (Å²) in [6, 6.07) is 0. The molecule has 2 aromatic rings. The van der Waals surface area contributed by atoms with Crippen LogP contribution < -0.4 is 5.73 Å². The lowest BCUT2D eigenvalue weighted by Gasteiger charge is -2.06. The summed E-state index contributed by atoms with van der Waals surface area (Å²) in [5.74, 6) is 2.75. The van der Waals surface area contributed by atoms with Gasteiger partial charge in [0.15, 0.2) is 0 Å². The molecule has 17 heavy (non-hydrogen) atoms. The first kappa shape index (κ1) is 10.8. The van der Waals surface area contributed by atoms with Crippen molar-refractivity contribution in [3.05, 3.63) is 17.7 Å². The fraction of sp³-hybridized carbons (Fsp3) is 0.667. The number of imidazole rings is 1. The molecule has 92 valence electrons. The second kappa shape index (κ2) is 4.14. The average molecular weight is 233 g/mol. The summed E-state index contributed by atoms with van der Waals surface area (Å²) in [7, 11) is 2.06. The van der Waals surface area contributed by atoms with Crippen molar-refractivity contribution in [3.63, 3.8) is 0 Å². The van der Waals surface area contributed by atoms with Crippen LogP contribution in [-0.4, -0.2) is 25.7 Å². The molecule has 0 bridgehead atoms. The molecule has 1 fully saturated rings. The molecule has 1 saturated carbocycles. The van der Waals surface area contributed by atoms with E-state index in [4.69, 9.17) is 5.73 Å². The lowest BCUT2D eigenvalue weighted by molar-refractivity contribution is 0.628. The molecule has 1 aliphatic carbocycles. The Balaban J connectivity index is 1.98. The fourth-order valence-electron chi connectivity index (χ4n) is 2.80. The molecule has 0 saturated heterocycles. The monoisotopic (exact) mass is 233 g/mol. The Hall–Kier alpha value is -1.36. The van der Waals surface area contributed by atoms with Crippen molar-refractivity contribution in [1.82, 2.24) is 19.2 Å². The van der Waals surface area contributed by atoms with Crippen LogP contribution in [0.15, 0.2) is 6.20 Å². The minimum atomic E-state index is 0.625. The first-order chi connectivity index (χ1) is 8.29. The van der Waals surface area contributed by atoms with Gasteiger partial charge in [0.1, 0.15) is 5.82 Å². The van der Waals surface area contributed by atoms with Crippen LogP contribution in [0.3, 0.4) is 0 Å². The number of nitrogens with two attached hydrogens (primary N) is 1. The van der Waals surface area contributed by atoms with Gasteiger partial charge in [-0.3, -0.25) is 4.57 Å². The van der Waals surface area contributed by atoms with Gasteiger partial charge in [-0.2, -0.15) is 5.10 Å². The molecule has 0 aromatic carbocycles. The number of fused-ring (bicyclic) bond motifs is 1. The fourth-order valence-corrected chi connectivity index (χ4v) is 2.80. The molecule has 0 atom stereocenters. The molecule has 0 amide bonds. The maximum absolute atomic E-state index is 5.54.